The van der Waals surface area contributed by atoms with Crippen LogP contribution in [0.5, 0.6) is 0 Å². The zero-order chi connectivity index (χ0) is 12.6. The zero-order valence-corrected chi connectivity index (χ0v) is 11.0. The lowest BCUT2D eigenvalue weighted by Gasteiger charge is -2.24. The molecule has 6 nitrogen and oxygen atoms in total. The van der Waals surface area contributed by atoms with Crippen molar-refractivity contribution in [3.63, 3.8) is 0 Å². The maximum atomic E-state index is 10.9. The van der Waals surface area contributed by atoms with Crippen molar-refractivity contribution in [3.8, 4) is 0 Å². The van der Waals surface area contributed by atoms with Crippen molar-refractivity contribution < 1.29 is 23.5 Å². The third-order valence-corrected chi connectivity index (χ3v) is 2.31. The SMILES string of the molecule is CCCOC(OCCC)C(C)OP(N)(=O)O. The van der Waals surface area contributed by atoms with Crippen molar-refractivity contribution in [2.45, 2.75) is 46.0 Å². The molecule has 0 aromatic heterocycles. The lowest BCUT2D eigenvalue weighted by Crippen LogP contribution is -2.32. The topological polar surface area (TPSA) is 91.0 Å². The van der Waals surface area contributed by atoms with Gasteiger partial charge in [0.05, 0.1) is 0 Å². The zero-order valence-electron chi connectivity index (χ0n) is 10.1. The summed E-state index contributed by atoms with van der Waals surface area (Å²) in [6.07, 6.45) is 0.318. The fraction of sp³-hybridized carbons (Fsp3) is 1.00. The summed E-state index contributed by atoms with van der Waals surface area (Å²) in [7, 11) is -4.00. The van der Waals surface area contributed by atoms with Crippen LogP contribution in [0, 0.1) is 0 Å². The molecule has 16 heavy (non-hydrogen) atoms. The molecule has 0 radical (unpaired) electrons. The van der Waals surface area contributed by atoms with E-state index in [1.807, 2.05) is 13.8 Å². The maximum absolute atomic E-state index is 10.9. The number of hydrogen-bond acceptors (Lipinski definition) is 4. The molecule has 0 aromatic rings. The molecule has 0 aliphatic carbocycles. The first-order valence-electron chi connectivity index (χ1n) is 5.43. The van der Waals surface area contributed by atoms with E-state index < -0.39 is 20.1 Å². The minimum Gasteiger partial charge on any atom is -0.350 e. The van der Waals surface area contributed by atoms with Crippen molar-refractivity contribution in [1.29, 1.82) is 0 Å². The van der Waals surface area contributed by atoms with Crippen LogP contribution in [0.1, 0.15) is 33.6 Å². The summed E-state index contributed by atoms with van der Waals surface area (Å²) in [5, 5.41) is 0. The van der Waals surface area contributed by atoms with Gasteiger partial charge in [0.25, 0.3) is 0 Å². The van der Waals surface area contributed by atoms with E-state index in [0.717, 1.165) is 12.8 Å². The van der Waals surface area contributed by atoms with Gasteiger partial charge in [-0.1, -0.05) is 13.8 Å². The summed E-state index contributed by atoms with van der Waals surface area (Å²) in [5.41, 5.74) is 4.91. The minimum atomic E-state index is -4.00. The van der Waals surface area contributed by atoms with Gasteiger partial charge >= 0.3 is 7.75 Å². The number of nitrogens with two attached hydrogens (primary N) is 1. The molecule has 0 amide bonds. The summed E-state index contributed by atoms with van der Waals surface area (Å²) < 4.78 is 26.3. The molecule has 0 spiro atoms. The monoisotopic (exact) mass is 255 g/mol. The first-order chi connectivity index (χ1) is 7.40. The molecular formula is C9H22NO5P. The highest BCUT2D eigenvalue weighted by Gasteiger charge is 2.25. The highest BCUT2D eigenvalue weighted by atomic mass is 31.2. The highest BCUT2D eigenvalue weighted by molar-refractivity contribution is 7.50. The molecule has 2 unspecified atom stereocenters. The molecule has 2 atom stereocenters. The Labute approximate surface area is 96.7 Å². The lowest BCUT2D eigenvalue weighted by molar-refractivity contribution is -0.184. The average Bonchev–Trinajstić information content (AvgIpc) is 2.15. The van der Waals surface area contributed by atoms with Gasteiger partial charge in [-0.15, -0.1) is 0 Å². The molecule has 0 aliphatic heterocycles. The van der Waals surface area contributed by atoms with Crippen molar-refractivity contribution in [1.82, 2.24) is 0 Å². The Balaban J connectivity index is 4.19. The van der Waals surface area contributed by atoms with E-state index in [-0.39, 0.29) is 0 Å². The van der Waals surface area contributed by atoms with Crippen LogP contribution in [0.15, 0.2) is 0 Å². The van der Waals surface area contributed by atoms with Crippen LogP contribution in [-0.4, -0.2) is 30.5 Å². The molecule has 0 rings (SSSR count). The second kappa shape index (κ2) is 8.17. The quantitative estimate of drug-likeness (QED) is 0.480. The highest BCUT2D eigenvalue weighted by Crippen LogP contribution is 2.34. The predicted octanol–water partition coefficient (Wildman–Crippen LogP) is 1.63. The number of rotatable bonds is 9. The molecule has 0 bridgehead atoms. The second-order valence-electron chi connectivity index (χ2n) is 3.48. The molecule has 0 aliphatic rings. The Morgan fingerprint density at radius 2 is 1.69 bits per heavy atom. The normalized spacial score (nSPS) is 17.4. The van der Waals surface area contributed by atoms with Crippen LogP contribution in [0.4, 0.5) is 0 Å². The maximum Gasteiger partial charge on any atom is 0.400 e. The van der Waals surface area contributed by atoms with Crippen molar-refractivity contribution in [3.05, 3.63) is 0 Å². The number of ether oxygens (including phenoxy) is 2. The van der Waals surface area contributed by atoms with Crippen LogP contribution < -0.4 is 5.50 Å². The van der Waals surface area contributed by atoms with E-state index in [1.165, 1.54) is 0 Å². The molecule has 0 heterocycles. The molecule has 0 aromatic carbocycles. The summed E-state index contributed by atoms with van der Waals surface area (Å²) in [6.45, 7) is 6.51. The lowest BCUT2D eigenvalue weighted by atomic mass is 10.4. The van der Waals surface area contributed by atoms with Crippen LogP contribution in [0.3, 0.4) is 0 Å². The fourth-order valence-electron chi connectivity index (χ4n) is 1.08. The third-order valence-electron chi connectivity index (χ3n) is 1.67. The van der Waals surface area contributed by atoms with E-state index in [1.54, 1.807) is 6.92 Å². The standard InChI is InChI=1S/C9H22NO5P/c1-4-6-13-9(14-7-5-2)8(3)15-16(10,11)12/h8-9H,4-7H2,1-3H3,(H3,10,11,12). The van der Waals surface area contributed by atoms with Crippen LogP contribution in [-0.2, 0) is 18.6 Å². The van der Waals surface area contributed by atoms with E-state index in [2.05, 4.69) is 0 Å². The molecule has 0 saturated heterocycles. The predicted molar refractivity (Wildman–Crippen MR) is 60.8 cm³/mol. The Hall–Kier alpha value is 0.0300. The van der Waals surface area contributed by atoms with Gasteiger partial charge in [-0.25, -0.2) is 10.1 Å². The van der Waals surface area contributed by atoms with Gasteiger partial charge in [-0.3, -0.25) is 4.52 Å². The Morgan fingerprint density at radius 3 is 2.00 bits per heavy atom. The van der Waals surface area contributed by atoms with Crippen molar-refractivity contribution in [2.24, 2.45) is 5.50 Å². The molecule has 98 valence electrons. The molecule has 0 fully saturated rings. The van der Waals surface area contributed by atoms with E-state index in [4.69, 9.17) is 24.4 Å². The van der Waals surface area contributed by atoms with Gasteiger partial charge in [-0.05, 0) is 19.8 Å². The number of hydrogen-bond donors (Lipinski definition) is 2. The first kappa shape index (κ1) is 16.0. The summed E-state index contributed by atoms with van der Waals surface area (Å²) in [4.78, 5) is 8.89. The second-order valence-corrected chi connectivity index (χ2v) is 4.82. The van der Waals surface area contributed by atoms with Crippen LogP contribution in [0.2, 0.25) is 0 Å². The summed E-state index contributed by atoms with van der Waals surface area (Å²) in [5.74, 6) is 0. The smallest absolute Gasteiger partial charge is 0.350 e. The fourth-order valence-corrected chi connectivity index (χ4v) is 1.65. The summed E-state index contributed by atoms with van der Waals surface area (Å²) in [6, 6.07) is 0. The van der Waals surface area contributed by atoms with Gasteiger partial charge in [0, 0.05) is 13.2 Å². The summed E-state index contributed by atoms with van der Waals surface area (Å²) >= 11 is 0. The van der Waals surface area contributed by atoms with Gasteiger partial charge in [-0.2, -0.15) is 0 Å². The van der Waals surface area contributed by atoms with E-state index in [9.17, 15) is 4.57 Å². The largest absolute Gasteiger partial charge is 0.400 e. The van der Waals surface area contributed by atoms with Gasteiger partial charge in [0.1, 0.15) is 6.10 Å². The molecule has 3 N–H and O–H groups in total. The first-order valence-corrected chi connectivity index (χ1v) is 7.08. The van der Waals surface area contributed by atoms with Gasteiger partial charge in [0.15, 0.2) is 6.29 Å². The van der Waals surface area contributed by atoms with E-state index >= 15 is 0 Å². The average molecular weight is 255 g/mol. The van der Waals surface area contributed by atoms with Crippen molar-refractivity contribution >= 4 is 7.75 Å². The minimum absolute atomic E-state index is 0.502. The molecule has 7 heteroatoms. The Bertz CT molecular complexity index is 212. The van der Waals surface area contributed by atoms with Crippen LogP contribution in [0.25, 0.3) is 0 Å². The van der Waals surface area contributed by atoms with Gasteiger partial charge in [0.2, 0.25) is 0 Å². The van der Waals surface area contributed by atoms with E-state index in [0.29, 0.717) is 13.2 Å². The Morgan fingerprint density at radius 1 is 1.25 bits per heavy atom. The Kier molecular flexibility index (Phi) is 8.18. The van der Waals surface area contributed by atoms with Crippen LogP contribution >= 0.6 is 7.75 Å². The molecular weight excluding hydrogens is 233 g/mol. The van der Waals surface area contributed by atoms with Crippen molar-refractivity contribution in [2.75, 3.05) is 13.2 Å². The third kappa shape index (κ3) is 8.21. The van der Waals surface area contributed by atoms with Gasteiger partial charge < -0.3 is 14.4 Å². The molecule has 0 saturated carbocycles.